The number of anilines is 1. The van der Waals surface area contributed by atoms with Crippen LogP contribution in [-0.2, 0) is 0 Å². The third kappa shape index (κ3) is 2.77. The van der Waals surface area contributed by atoms with Gasteiger partial charge < -0.3 is 11.1 Å². The van der Waals surface area contributed by atoms with Gasteiger partial charge in [0.05, 0.1) is 4.92 Å². The molecule has 1 aliphatic rings. The average Bonchev–Trinajstić information content (AvgIpc) is 2.69. The number of rotatable bonds is 4. The van der Waals surface area contributed by atoms with Crippen LogP contribution in [0.25, 0.3) is 0 Å². The lowest BCUT2D eigenvalue weighted by Gasteiger charge is -2.30. The topological polar surface area (TPSA) is 99.0 Å². The van der Waals surface area contributed by atoms with Crippen LogP contribution in [0.3, 0.4) is 0 Å². The highest BCUT2D eigenvalue weighted by Gasteiger charge is 2.30. The maximum atomic E-state index is 11.3. The number of nitrogens with two attached hydrogens (primary N) is 1. The molecular formula is C13H23N5O2. The Balaban J connectivity index is 2.35. The van der Waals surface area contributed by atoms with Gasteiger partial charge in [0.25, 0.3) is 0 Å². The molecule has 0 aliphatic heterocycles. The SMILES string of the molecule is Cc1nn(C(C)C)c(NC2CCCCC2N)c1[N+](=O)[O-]. The summed E-state index contributed by atoms with van der Waals surface area (Å²) in [6, 6.07) is 0.180. The van der Waals surface area contributed by atoms with Gasteiger partial charge in [-0.25, -0.2) is 4.68 Å². The van der Waals surface area contributed by atoms with Crippen LogP contribution in [0.1, 0.15) is 51.3 Å². The van der Waals surface area contributed by atoms with Crippen LogP contribution < -0.4 is 11.1 Å². The molecule has 1 saturated carbocycles. The molecule has 2 unspecified atom stereocenters. The van der Waals surface area contributed by atoms with E-state index in [-0.39, 0.29) is 28.7 Å². The van der Waals surface area contributed by atoms with E-state index in [1.54, 1.807) is 11.6 Å². The van der Waals surface area contributed by atoms with Crippen LogP contribution in [0, 0.1) is 17.0 Å². The zero-order valence-electron chi connectivity index (χ0n) is 12.3. The molecule has 0 amide bonds. The molecule has 1 aromatic rings. The highest BCUT2D eigenvalue weighted by atomic mass is 16.6. The van der Waals surface area contributed by atoms with Gasteiger partial charge in [0.2, 0.25) is 5.82 Å². The zero-order valence-corrected chi connectivity index (χ0v) is 12.3. The van der Waals surface area contributed by atoms with Crippen LogP contribution in [0.4, 0.5) is 11.5 Å². The highest BCUT2D eigenvalue weighted by Crippen LogP contribution is 2.32. The van der Waals surface area contributed by atoms with Gasteiger partial charge >= 0.3 is 5.69 Å². The Morgan fingerprint density at radius 3 is 2.65 bits per heavy atom. The van der Waals surface area contributed by atoms with E-state index in [0.29, 0.717) is 11.5 Å². The van der Waals surface area contributed by atoms with Crippen LogP contribution in [0.15, 0.2) is 0 Å². The van der Waals surface area contributed by atoms with E-state index < -0.39 is 0 Å². The van der Waals surface area contributed by atoms with Gasteiger partial charge in [-0.15, -0.1) is 0 Å². The van der Waals surface area contributed by atoms with Crippen molar-refractivity contribution in [2.24, 2.45) is 5.73 Å². The fourth-order valence-corrected chi connectivity index (χ4v) is 2.78. The molecule has 1 fully saturated rings. The molecule has 1 aliphatic carbocycles. The van der Waals surface area contributed by atoms with Gasteiger partial charge in [0.1, 0.15) is 5.69 Å². The van der Waals surface area contributed by atoms with E-state index in [0.717, 1.165) is 25.7 Å². The zero-order chi connectivity index (χ0) is 14.9. The predicted molar refractivity (Wildman–Crippen MR) is 77.9 cm³/mol. The molecule has 0 saturated heterocycles. The molecule has 0 aromatic carbocycles. The first-order chi connectivity index (χ1) is 9.41. The van der Waals surface area contributed by atoms with Gasteiger partial charge in [-0.2, -0.15) is 5.10 Å². The van der Waals surface area contributed by atoms with Crippen molar-refractivity contribution >= 4 is 11.5 Å². The second-order valence-electron chi connectivity index (χ2n) is 5.78. The summed E-state index contributed by atoms with van der Waals surface area (Å²) in [5, 5.41) is 18.9. The van der Waals surface area contributed by atoms with Crippen molar-refractivity contribution in [3.05, 3.63) is 15.8 Å². The third-order valence-electron chi connectivity index (χ3n) is 3.87. The summed E-state index contributed by atoms with van der Waals surface area (Å²) >= 11 is 0. The summed E-state index contributed by atoms with van der Waals surface area (Å²) in [7, 11) is 0. The molecule has 3 N–H and O–H groups in total. The Labute approximate surface area is 118 Å². The minimum atomic E-state index is -0.363. The number of hydrogen-bond donors (Lipinski definition) is 2. The lowest BCUT2D eigenvalue weighted by Crippen LogP contribution is -2.43. The van der Waals surface area contributed by atoms with Gasteiger partial charge in [0.15, 0.2) is 0 Å². The molecule has 7 nitrogen and oxygen atoms in total. The van der Waals surface area contributed by atoms with Gasteiger partial charge in [0, 0.05) is 18.1 Å². The first kappa shape index (κ1) is 14.8. The molecule has 2 rings (SSSR count). The maximum absolute atomic E-state index is 11.3. The Hall–Kier alpha value is -1.63. The molecule has 112 valence electrons. The first-order valence-electron chi connectivity index (χ1n) is 7.17. The van der Waals surface area contributed by atoms with Crippen LogP contribution in [0.2, 0.25) is 0 Å². The van der Waals surface area contributed by atoms with E-state index >= 15 is 0 Å². The van der Waals surface area contributed by atoms with Crippen LogP contribution in [0.5, 0.6) is 0 Å². The summed E-state index contributed by atoms with van der Waals surface area (Å²) in [5.74, 6) is 0.491. The van der Waals surface area contributed by atoms with E-state index in [1.807, 2.05) is 13.8 Å². The molecule has 20 heavy (non-hydrogen) atoms. The molecule has 1 heterocycles. The summed E-state index contributed by atoms with van der Waals surface area (Å²) in [6.45, 7) is 5.59. The van der Waals surface area contributed by atoms with E-state index in [1.165, 1.54) is 0 Å². The van der Waals surface area contributed by atoms with Crippen LogP contribution >= 0.6 is 0 Å². The number of aryl methyl sites for hydroxylation is 1. The predicted octanol–water partition coefficient (Wildman–Crippen LogP) is 2.36. The third-order valence-corrected chi connectivity index (χ3v) is 3.87. The number of nitrogens with one attached hydrogen (secondary N) is 1. The lowest BCUT2D eigenvalue weighted by molar-refractivity contribution is -0.384. The highest BCUT2D eigenvalue weighted by molar-refractivity contribution is 5.60. The summed E-state index contributed by atoms with van der Waals surface area (Å²) < 4.78 is 1.69. The smallest absolute Gasteiger partial charge is 0.333 e. The van der Waals surface area contributed by atoms with Gasteiger partial charge in [-0.1, -0.05) is 12.8 Å². The molecule has 0 spiro atoms. The Morgan fingerprint density at radius 1 is 1.45 bits per heavy atom. The monoisotopic (exact) mass is 281 g/mol. The fourth-order valence-electron chi connectivity index (χ4n) is 2.78. The number of hydrogen-bond acceptors (Lipinski definition) is 5. The molecule has 0 bridgehead atoms. The van der Waals surface area contributed by atoms with E-state index in [2.05, 4.69) is 10.4 Å². The standard InChI is InChI=1S/C13H23N5O2/c1-8(2)17-13(12(18(19)20)9(3)16-17)15-11-7-5-4-6-10(11)14/h8,10-11,15H,4-7,14H2,1-3H3. The van der Waals surface area contributed by atoms with Crippen molar-refractivity contribution < 1.29 is 4.92 Å². The minimum absolute atomic E-state index is 0.0409. The molecule has 0 radical (unpaired) electrons. The molecule has 1 aromatic heterocycles. The van der Waals surface area contributed by atoms with Crippen LogP contribution in [-0.4, -0.2) is 26.8 Å². The Kier molecular flexibility index (Phi) is 4.27. The molecule has 2 atom stereocenters. The number of nitrogens with zero attached hydrogens (tertiary/aromatic N) is 3. The summed E-state index contributed by atoms with van der Waals surface area (Å²) in [6.07, 6.45) is 4.14. The quantitative estimate of drug-likeness (QED) is 0.652. The molecular weight excluding hydrogens is 258 g/mol. The summed E-state index contributed by atoms with van der Waals surface area (Å²) in [5.41, 5.74) is 6.63. The number of nitro groups is 1. The van der Waals surface area contributed by atoms with Crippen molar-refractivity contribution in [3.8, 4) is 0 Å². The Morgan fingerprint density at radius 2 is 2.10 bits per heavy atom. The second-order valence-corrected chi connectivity index (χ2v) is 5.78. The lowest BCUT2D eigenvalue weighted by atomic mass is 9.91. The van der Waals surface area contributed by atoms with E-state index in [4.69, 9.17) is 5.73 Å². The first-order valence-corrected chi connectivity index (χ1v) is 7.17. The maximum Gasteiger partial charge on any atom is 0.333 e. The van der Waals surface area contributed by atoms with Crippen molar-refractivity contribution in [2.45, 2.75) is 64.6 Å². The van der Waals surface area contributed by atoms with Crippen molar-refractivity contribution in [1.82, 2.24) is 9.78 Å². The second kappa shape index (κ2) is 5.78. The van der Waals surface area contributed by atoms with E-state index in [9.17, 15) is 10.1 Å². The normalized spacial score (nSPS) is 23.1. The van der Waals surface area contributed by atoms with Crippen molar-refractivity contribution in [2.75, 3.05) is 5.32 Å². The van der Waals surface area contributed by atoms with Gasteiger partial charge in [-0.3, -0.25) is 10.1 Å². The fraction of sp³-hybridized carbons (Fsp3) is 0.769. The van der Waals surface area contributed by atoms with Crippen molar-refractivity contribution in [1.29, 1.82) is 0 Å². The summed E-state index contributed by atoms with van der Waals surface area (Å²) in [4.78, 5) is 10.9. The van der Waals surface area contributed by atoms with Gasteiger partial charge in [-0.05, 0) is 33.6 Å². The Bertz CT molecular complexity index is 497. The average molecular weight is 281 g/mol. The number of aromatic nitrogens is 2. The minimum Gasteiger partial charge on any atom is -0.360 e. The largest absolute Gasteiger partial charge is 0.360 e. The van der Waals surface area contributed by atoms with Crippen molar-refractivity contribution in [3.63, 3.8) is 0 Å². The molecule has 7 heteroatoms.